The molecule has 112 valence electrons. The van der Waals surface area contributed by atoms with Crippen LogP contribution in [0.5, 0.6) is 0 Å². The molecule has 0 aromatic heterocycles. The quantitative estimate of drug-likeness (QED) is 0.324. The van der Waals surface area contributed by atoms with E-state index in [0.29, 0.717) is 0 Å². The van der Waals surface area contributed by atoms with E-state index < -0.39 is 0 Å². The molecule has 1 aromatic carbocycles. The third-order valence-electron chi connectivity index (χ3n) is 3.09. The predicted molar refractivity (Wildman–Crippen MR) is 96.9 cm³/mol. The molecule has 0 heterocycles. The van der Waals surface area contributed by atoms with Crippen LogP contribution < -0.4 is 0 Å². The van der Waals surface area contributed by atoms with Gasteiger partial charge in [-0.1, -0.05) is 62.4 Å². The van der Waals surface area contributed by atoms with E-state index >= 15 is 0 Å². The molecule has 0 bridgehead atoms. The lowest BCUT2D eigenvalue weighted by molar-refractivity contribution is 0.610. The Bertz CT molecular complexity index is 384. The Morgan fingerprint density at radius 3 is 2.35 bits per heavy atom. The molecule has 1 aromatic rings. The lowest BCUT2D eigenvalue weighted by Gasteiger charge is -2.07. The van der Waals surface area contributed by atoms with Gasteiger partial charge in [0.1, 0.15) is 0 Å². The largest absolute Gasteiger partial charge is 0.137 e. The number of thioether (sulfide) groups is 2. The van der Waals surface area contributed by atoms with Crippen molar-refractivity contribution in [2.45, 2.75) is 56.8 Å². The summed E-state index contributed by atoms with van der Waals surface area (Å²) in [6.07, 6.45) is 11.5. The summed E-state index contributed by atoms with van der Waals surface area (Å²) < 4.78 is 0. The van der Waals surface area contributed by atoms with Gasteiger partial charge in [-0.2, -0.15) is 0 Å². The van der Waals surface area contributed by atoms with E-state index in [9.17, 15) is 0 Å². The highest BCUT2D eigenvalue weighted by molar-refractivity contribution is 8.05. The average molecular weight is 329 g/mol. The Morgan fingerprint density at radius 2 is 1.70 bits per heavy atom. The molecule has 0 aliphatic carbocycles. The molecular formula is C17H25ClS2. The highest BCUT2D eigenvalue weighted by atomic mass is 35.5. The summed E-state index contributed by atoms with van der Waals surface area (Å²) in [7, 11) is 0. The minimum atomic E-state index is 0.806. The van der Waals surface area contributed by atoms with Gasteiger partial charge in [-0.05, 0) is 53.7 Å². The summed E-state index contributed by atoms with van der Waals surface area (Å²) in [5.41, 5.74) is 0. The molecule has 0 spiro atoms. The van der Waals surface area contributed by atoms with Crippen molar-refractivity contribution in [3.8, 4) is 0 Å². The molecule has 0 saturated heterocycles. The van der Waals surface area contributed by atoms with Gasteiger partial charge in [-0.25, -0.2) is 0 Å². The zero-order valence-corrected chi connectivity index (χ0v) is 14.9. The van der Waals surface area contributed by atoms with Crippen LogP contribution in [0, 0.1) is 0 Å². The first-order chi connectivity index (χ1) is 9.76. The molecule has 0 nitrogen and oxygen atoms in total. The van der Waals surface area contributed by atoms with Crippen LogP contribution in [0.2, 0.25) is 5.02 Å². The van der Waals surface area contributed by atoms with E-state index in [-0.39, 0.29) is 0 Å². The van der Waals surface area contributed by atoms with Gasteiger partial charge in [0.15, 0.2) is 0 Å². The van der Waals surface area contributed by atoms with E-state index in [1.807, 2.05) is 23.9 Å². The van der Waals surface area contributed by atoms with Crippen LogP contribution in [0.1, 0.15) is 51.9 Å². The minimum Gasteiger partial charge on any atom is -0.137 e. The van der Waals surface area contributed by atoms with E-state index in [1.54, 1.807) is 11.8 Å². The van der Waals surface area contributed by atoms with E-state index in [0.717, 1.165) is 5.02 Å². The molecule has 0 saturated carbocycles. The Balaban J connectivity index is 2.33. The molecule has 0 unspecified atom stereocenters. The molecule has 0 amide bonds. The summed E-state index contributed by atoms with van der Waals surface area (Å²) in [5.74, 6) is 0. The van der Waals surface area contributed by atoms with E-state index in [1.165, 1.54) is 54.7 Å². The fourth-order valence-corrected chi connectivity index (χ4v) is 3.81. The molecule has 0 aliphatic rings. The van der Waals surface area contributed by atoms with Crippen LogP contribution in [0.3, 0.4) is 0 Å². The van der Waals surface area contributed by atoms with Crippen molar-refractivity contribution in [2.24, 2.45) is 0 Å². The number of unbranched alkanes of at least 4 members (excludes halogenated alkanes) is 5. The number of hydrogen-bond donors (Lipinski definition) is 0. The standard InChI is InChI=1S/C17H25ClS2/c1-3-4-5-6-7-8-9-17(14-19-2)20-16-12-10-15(18)11-13-16/h10-14H,3-9H2,1-2H3/b17-14-. The Hall–Kier alpha value is -0.0500. The summed E-state index contributed by atoms with van der Waals surface area (Å²) in [6.45, 7) is 2.27. The van der Waals surface area contributed by atoms with Crippen LogP contribution in [0.15, 0.2) is 39.5 Å². The van der Waals surface area contributed by atoms with Crippen LogP contribution in [-0.4, -0.2) is 6.26 Å². The van der Waals surface area contributed by atoms with Gasteiger partial charge >= 0.3 is 0 Å². The fraction of sp³-hybridized carbons (Fsp3) is 0.529. The van der Waals surface area contributed by atoms with Crippen molar-refractivity contribution in [1.82, 2.24) is 0 Å². The monoisotopic (exact) mass is 328 g/mol. The van der Waals surface area contributed by atoms with Crippen LogP contribution in [0.4, 0.5) is 0 Å². The zero-order chi connectivity index (χ0) is 14.6. The third kappa shape index (κ3) is 8.28. The normalized spacial score (nSPS) is 11.8. The number of benzene rings is 1. The van der Waals surface area contributed by atoms with Crippen molar-refractivity contribution < 1.29 is 0 Å². The van der Waals surface area contributed by atoms with E-state index in [2.05, 4.69) is 30.7 Å². The molecular weight excluding hydrogens is 304 g/mol. The molecule has 0 radical (unpaired) electrons. The first kappa shape index (κ1) is 18.0. The molecule has 0 fully saturated rings. The first-order valence-corrected chi connectivity index (χ1v) is 9.89. The van der Waals surface area contributed by atoms with Crippen molar-refractivity contribution in [3.05, 3.63) is 39.6 Å². The molecule has 0 aliphatic heterocycles. The number of rotatable bonds is 10. The first-order valence-electron chi connectivity index (χ1n) is 7.41. The van der Waals surface area contributed by atoms with Gasteiger partial charge in [-0.15, -0.1) is 11.8 Å². The number of halogens is 1. The summed E-state index contributed by atoms with van der Waals surface area (Å²) >= 11 is 9.59. The summed E-state index contributed by atoms with van der Waals surface area (Å²) in [5, 5.41) is 3.09. The van der Waals surface area contributed by atoms with Gasteiger partial charge in [0.25, 0.3) is 0 Å². The Labute approximate surface area is 137 Å². The Morgan fingerprint density at radius 1 is 1.05 bits per heavy atom. The van der Waals surface area contributed by atoms with Gasteiger partial charge in [0.2, 0.25) is 0 Å². The number of allylic oxidation sites excluding steroid dienone is 1. The summed E-state index contributed by atoms with van der Waals surface area (Å²) in [6, 6.07) is 8.13. The SMILES string of the molecule is CCCCCCCC/C(=C/SC)Sc1ccc(Cl)cc1. The highest BCUT2D eigenvalue weighted by Gasteiger charge is 2.02. The second kappa shape index (κ2) is 11.6. The smallest absolute Gasteiger partial charge is 0.0406 e. The minimum absolute atomic E-state index is 0.806. The molecule has 20 heavy (non-hydrogen) atoms. The van der Waals surface area contributed by atoms with Crippen molar-refractivity contribution in [2.75, 3.05) is 6.26 Å². The van der Waals surface area contributed by atoms with E-state index in [4.69, 9.17) is 11.6 Å². The average Bonchev–Trinajstić information content (AvgIpc) is 2.45. The van der Waals surface area contributed by atoms with Crippen LogP contribution in [-0.2, 0) is 0 Å². The highest BCUT2D eigenvalue weighted by Crippen LogP contribution is 2.32. The maximum Gasteiger partial charge on any atom is 0.0406 e. The topological polar surface area (TPSA) is 0 Å². The predicted octanol–water partition coefficient (Wildman–Crippen LogP) is 7.39. The van der Waals surface area contributed by atoms with Crippen molar-refractivity contribution in [3.63, 3.8) is 0 Å². The van der Waals surface area contributed by atoms with Crippen molar-refractivity contribution >= 4 is 35.1 Å². The molecule has 0 atom stereocenters. The molecule has 0 N–H and O–H groups in total. The number of hydrogen-bond acceptors (Lipinski definition) is 2. The van der Waals surface area contributed by atoms with Gasteiger partial charge in [0, 0.05) is 9.92 Å². The Kier molecular flexibility index (Phi) is 10.4. The maximum absolute atomic E-state index is 5.93. The lowest BCUT2D eigenvalue weighted by Crippen LogP contribution is -1.82. The van der Waals surface area contributed by atoms with Crippen molar-refractivity contribution in [1.29, 1.82) is 0 Å². The second-order valence-corrected chi connectivity index (χ2v) is 7.24. The molecule has 3 heteroatoms. The lowest BCUT2D eigenvalue weighted by atomic mass is 10.1. The zero-order valence-electron chi connectivity index (χ0n) is 12.5. The van der Waals surface area contributed by atoms with Gasteiger partial charge in [-0.3, -0.25) is 0 Å². The maximum atomic E-state index is 5.93. The van der Waals surface area contributed by atoms with Gasteiger partial charge < -0.3 is 0 Å². The van der Waals surface area contributed by atoms with Gasteiger partial charge in [0.05, 0.1) is 0 Å². The third-order valence-corrected chi connectivity index (χ3v) is 5.10. The van der Waals surface area contributed by atoms with Crippen LogP contribution in [0.25, 0.3) is 0 Å². The molecule has 1 rings (SSSR count). The van der Waals surface area contributed by atoms with Crippen LogP contribution >= 0.6 is 35.1 Å². The fourth-order valence-electron chi connectivity index (χ4n) is 2.00. The summed E-state index contributed by atoms with van der Waals surface area (Å²) in [4.78, 5) is 2.75. The second-order valence-electron chi connectivity index (χ2n) is 4.89.